The van der Waals surface area contributed by atoms with Crippen molar-refractivity contribution in [1.82, 2.24) is 9.96 Å². The molecule has 0 saturated heterocycles. The van der Waals surface area contributed by atoms with Crippen molar-refractivity contribution in [3.63, 3.8) is 0 Å². The topological polar surface area (TPSA) is 70.1 Å². The maximum Gasteiger partial charge on any atom is 0.308 e. The fraction of sp³-hybridized carbons (Fsp3) is 0.900. The van der Waals surface area contributed by atoms with Crippen LogP contribution in [0.5, 0.6) is 0 Å². The third-order valence-corrected chi connectivity index (χ3v) is 4.25. The average Bonchev–Trinajstić information content (AvgIpc) is 2.56. The Morgan fingerprint density at radius 1 is 0.846 bits per heavy atom. The molecule has 0 fully saturated rings. The number of esters is 1. The molecule has 1 N–H and O–H groups in total. The van der Waals surface area contributed by atoms with Gasteiger partial charge >= 0.3 is 5.97 Å². The second kappa shape index (κ2) is 14.0. The number of nitrogens with zero attached hydrogens (tertiary/aromatic N) is 2. The lowest BCUT2D eigenvalue weighted by Crippen LogP contribution is -2.31. The largest absolute Gasteiger partial charge is 0.460 e. The highest BCUT2D eigenvalue weighted by molar-refractivity contribution is 5.76. The molecule has 0 aromatic rings. The minimum Gasteiger partial charge on any atom is -0.460 e. The van der Waals surface area contributed by atoms with Gasteiger partial charge < -0.3 is 9.64 Å². The number of ether oxygens (including phenoxy) is 1. The number of carbonyl (C=O) groups is 2. The lowest BCUT2D eigenvalue weighted by Gasteiger charge is -2.20. The number of hydroxylamine groups is 2. The second-order valence-electron chi connectivity index (χ2n) is 7.75. The summed E-state index contributed by atoms with van der Waals surface area (Å²) in [6.07, 6.45) is 6.87. The summed E-state index contributed by atoms with van der Waals surface area (Å²) < 4.78 is 5.15. The molecule has 1 amide bonds. The predicted molar refractivity (Wildman–Crippen MR) is 104 cm³/mol. The van der Waals surface area contributed by atoms with E-state index in [2.05, 4.69) is 18.7 Å². The summed E-state index contributed by atoms with van der Waals surface area (Å²) in [4.78, 5) is 25.8. The summed E-state index contributed by atoms with van der Waals surface area (Å²) in [6, 6.07) is 0. The summed E-state index contributed by atoms with van der Waals surface area (Å²) in [5.41, 5.74) is -0.549. The van der Waals surface area contributed by atoms with E-state index < -0.39 is 11.6 Å². The molecule has 0 unspecified atom stereocenters. The summed E-state index contributed by atoms with van der Waals surface area (Å²) >= 11 is 0. The van der Waals surface area contributed by atoms with Crippen LogP contribution in [0, 0.1) is 0 Å². The predicted octanol–water partition coefficient (Wildman–Crippen LogP) is 4.01. The maximum absolute atomic E-state index is 11.8. The zero-order valence-corrected chi connectivity index (χ0v) is 17.6. The summed E-state index contributed by atoms with van der Waals surface area (Å²) in [6.45, 7) is 13.1. The first-order chi connectivity index (χ1) is 12.2. The summed E-state index contributed by atoms with van der Waals surface area (Å²) in [7, 11) is 0. The van der Waals surface area contributed by atoms with Crippen LogP contribution in [0.1, 0.15) is 86.0 Å². The quantitative estimate of drug-likeness (QED) is 0.216. The highest BCUT2D eigenvalue weighted by Crippen LogP contribution is 2.10. The molecule has 6 nitrogen and oxygen atoms in total. The van der Waals surface area contributed by atoms with Gasteiger partial charge in [0.1, 0.15) is 5.60 Å². The van der Waals surface area contributed by atoms with Crippen molar-refractivity contribution >= 4 is 11.9 Å². The molecule has 0 aliphatic carbocycles. The summed E-state index contributed by atoms with van der Waals surface area (Å²) in [5, 5.41) is 10.4. The molecular formula is C20H40N2O4. The van der Waals surface area contributed by atoms with Crippen LogP contribution in [0.15, 0.2) is 0 Å². The third-order valence-electron chi connectivity index (χ3n) is 4.25. The molecule has 0 heterocycles. The Morgan fingerprint density at radius 3 is 1.92 bits per heavy atom. The van der Waals surface area contributed by atoms with Gasteiger partial charge in [0.05, 0.1) is 13.0 Å². The molecule has 0 radical (unpaired) electrons. The first kappa shape index (κ1) is 24.9. The zero-order valence-electron chi connectivity index (χ0n) is 17.6. The number of carbonyl (C=O) groups excluding carboxylic acids is 2. The molecule has 0 bridgehead atoms. The molecule has 26 heavy (non-hydrogen) atoms. The Morgan fingerprint density at radius 2 is 1.38 bits per heavy atom. The third kappa shape index (κ3) is 14.1. The van der Waals surface area contributed by atoms with E-state index in [9.17, 15) is 14.8 Å². The van der Waals surface area contributed by atoms with Crippen LogP contribution in [-0.4, -0.2) is 58.8 Å². The number of hydrogen-bond donors (Lipinski definition) is 1. The lowest BCUT2D eigenvalue weighted by atomic mass is 10.1. The Bertz CT molecular complexity index is 390. The van der Waals surface area contributed by atoms with E-state index in [4.69, 9.17) is 4.74 Å². The minimum absolute atomic E-state index is 0.00600. The molecule has 0 aliphatic heterocycles. The minimum atomic E-state index is -0.549. The average molecular weight is 373 g/mol. The second-order valence-corrected chi connectivity index (χ2v) is 7.75. The number of rotatable bonds is 14. The Balaban J connectivity index is 3.65. The van der Waals surface area contributed by atoms with E-state index >= 15 is 0 Å². The van der Waals surface area contributed by atoms with Crippen LogP contribution in [0.25, 0.3) is 0 Å². The van der Waals surface area contributed by atoms with Crippen LogP contribution < -0.4 is 0 Å². The Kier molecular flexibility index (Phi) is 13.4. The molecule has 154 valence electrons. The van der Waals surface area contributed by atoms with Gasteiger partial charge in [-0.2, -0.15) is 0 Å². The van der Waals surface area contributed by atoms with Gasteiger partial charge in [0, 0.05) is 6.42 Å². The molecule has 0 aliphatic rings. The van der Waals surface area contributed by atoms with Crippen molar-refractivity contribution in [3.8, 4) is 0 Å². The molecule has 0 aromatic carbocycles. The zero-order chi connectivity index (χ0) is 20.0. The van der Waals surface area contributed by atoms with Crippen molar-refractivity contribution in [2.75, 3.05) is 26.2 Å². The number of unbranched alkanes of at least 4 members (excludes halogenated alkanes) is 5. The van der Waals surface area contributed by atoms with E-state index in [1.54, 1.807) is 20.8 Å². The molecule has 0 rings (SSSR count). The van der Waals surface area contributed by atoms with Gasteiger partial charge in [-0.1, -0.05) is 39.5 Å². The van der Waals surface area contributed by atoms with Crippen LogP contribution in [0.4, 0.5) is 0 Å². The normalized spacial score (nSPS) is 11.7. The SMILES string of the molecule is CCN(CC)CCCCCCCCC(=O)N(O)CCC(=O)OC(C)(C)C. The van der Waals surface area contributed by atoms with E-state index in [0.717, 1.165) is 32.4 Å². The van der Waals surface area contributed by atoms with Gasteiger partial charge in [0.25, 0.3) is 0 Å². The highest BCUT2D eigenvalue weighted by atomic mass is 16.6. The lowest BCUT2D eigenvalue weighted by molar-refractivity contribution is -0.170. The van der Waals surface area contributed by atoms with Crippen LogP contribution in [0.2, 0.25) is 0 Å². The van der Waals surface area contributed by atoms with Crippen molar-refractivity contribution in [2.24, 2.45) is 0 Å². The molecule has 0 atom stereocenters. The Hall–Kier alpha value is -1.14. The van der Waals surface area contributed by atoms with Crippen LogP contribution in [0.3, 0.4) is 0 Å². The summed E-state index contributed by atoms with van der Waals surface area (Å²) in [5.74, 6) is -0.732. The first-order valence-corrected chi connectivity index (χ1v) is 10.1. The van der Waals surface area contributed by atoms with E-state index in [-0.39, 0.29) is 18.9 Å². The van der Waals surface area contributed by atoms with Crippen LogP contribution >= 0.6 is 0 Å². The molecule has 0 aromatic heterocycles. The van der Waals surface area contributed by atoms with E-state index in [1.165, 1.54) is 25.8 Å². The fourth-order valence-electron chi connectivity index (χ4n) is 2.70. The van der Waals surface area contributed by atoms with Gasteiger partial charge in [-0.05, 0) is 53.2 Å². The first-order valence-electron chi connectivity index (χ1n) is 10.1. The van der Waals surface area contributed by atoms with Gasteiger partial charge in [0.2, 0.25) is 5.91 Å². The fourth-order valence-corrected chi connectivity index (χ4v) is 2.70. The Labute approximate surface area is 159 Å². The standard InChI is InChI=1S/C20H40N2O4/c1-6-21(7-2)16-13-11-9-8-10-12-14-18(23)22(25)17-15-19(24)26-20(3,4)5/h25H,6-17H2,1-5H3. The van der Waals surface area contributed by atoms with E-state index in [1.807, 2.05) is 0 Å². The van der Waals surface area contributed by atoms with Crippen molar-refractivity contribution in [2.45, 2.75) is 91.6 Å². The monoisotopic (exact) mass is 372 g/mol. The van der Waals surface area contributed by atoms with Gasteiger partial charge in [-0.25, -0.2) is 5.06 Å². The van der Waals surface area contributed by atoms with Crippen molar-refractivity contribution in [1.29, 1.82) is 0 Å². The molecule has 6 heteroatoms. The van der Waals surface area contributed by atoms with Gasteiger partial charge in [0.15, 0.2) is 0 Å². The van der Waals surface area contributed by atoms with E-state index in [0.29, 0.717) is 11.5 Å². The number of amides is 1. The van der Waals surface area contributed by atoms with Gasteiger partial charge in [-0.3, -0.25) is 14.8 Å². The number of hydrogen-bond acceptors (Lipinski definition) is 5. The molecule has 0 spiro atoms. The maximum atomic E-state index is 11.8. The highest BCUT2D eigenvalue weighted by Gasteiger charge is 2.18. The molecule has 0 saturated carbocycles. The molecular weight excluding hydrogens is 332 g/mol. The van der Waals surface area contributed by atoms with Crippen molar-refractivity contribution in [3.05, 3.63) is 0 Å². The smallest absolute Gasteiger partial charge is 0.308 e. The van der Waals surface area contributed by atoms with Gasteiger partial charge in [-0.15, -0.1) is 0 Å². The van der Waals surface area contributed by atoms with Crippen LogP contribution in [-0.2, 0) is 14.3 Å². The van der Waals surface area contributed by atoms with Crippen molar-refractivity contribution < 1.29 is 19.5 Å².